The molecule has 10 nitrogen and oxygen atoms in total. The number of halogens is 1. The molecule has 3 aromatic rings. The summed E-state index contributed by atoms with van der Waals surface area (Å²) in [4.78, 5) is 36.5. The van der Waals surface area contributed by atoms with Crippen molar-refractivity contribution < 1.29 is 22.7 Å². The highest BCUT2D eigenvalue weighted by molar-refractivity contribution is 7.91. The molecule has 0 aliphatic carbocycles. The molecule has 1 atom stereocenters. The standard InChI is InChI=1S/C28H32ClN5O5S/c1-3-24(35)33-13-5-4-6-20(17-33)34-26-22(31-28(34)32-27(36)19-9-12-30-18(2)16-19)7-8-23(25(26)29)39-21-10-14-40(37,38)15-11-21/h3,7-9,12,16,20-21H,1,4-6,10-11,13-15,17H2,2H3,(H,31,32,36). The fraction of sp³-hybridized carbons (Fsp3) is 0.429. The summed E-state index contributed by atoms with van der Waals surface area (Å²) in [5.41, 5.74) is 2.30. The number of imidazole rings is 1. The second-order valence-electron chi connectivity index (χ2n) is 10.3. The van der Waals surface area contributed by atoms with Gasteiger partial charge < -0.3 is 14.2 Å². The highest BCUT2D eigenvalue weighted by atomic mass is 35.5. The summed E-state index contributed by atoms with van der Waals surface area (Å²) in [6.45, 7) is 6.46. The summed E-state index contributed by atoms with van der Waals surface area (Å²) in [5.74, 6) is 0.400. The largest absolute Gasteiger partial charge is 0.489 e. The predicted molar refractivity (Wildman–Crippen MR) is 154 cm³/mol. The molecule has 4 heterocycles. The minimum absolute atomic E-state index is 0.0787. The highest BCUT2D eigenvalue weighted by Gasteiger charge is 2.30. The third kappa shape index (κ3) is 6.00. The molecule has 2 aliphatic rings. The van der Waals surface area contributed by atoms with E-state index in [1.165, 1.54) is 6.08 Å². The zero-order valence-electron chi connectivity index (χ0n) is 22.3. The van der Waals surface area contributed by atoms with Crippen LogP contribution in [0.15, 0.2) is 43.1 Å². The van der Waals surface area contributed by atoms with Gasteiger partial charge in [-0.15, -0.1) is 0 Å². The zero-order valence-corrected chi connectivity index (χ0v) is 23.9. The van der Waals surface area contributed by atoms with Gasteiger partial charge in [0.1, 0.15) is 16.9 Å². The summed E-state index contributed by atoms with van der Waals surface area (Å²) >= 11 is 6.97. The van der Waals surface area contributed by atoms with E-state index < -0.39 is 9.84 Å². The monoisotopic (exact) mass is 585 g/mol. The van der Waals surface area contributed by atoms with Gasteiger partial charge in [-0.1, -0.05) is 18.2 Å². The topological polar surface area (TPSA) is 123 Å². The van der Waals surface area contributed by atoms with Crippen molar-refractivity contribution in [1.29, 1.82) is 0 Å². The Bertz CT molecular complexity index is 1560. The SMILES string of the molecule is C=CC(=O)N1CCCCC(n2c(NC(=O)c3ccnc(C)c3)nc3ccc(OC4CCS(=O)(=O)CC4)c(Cl)c32)C1. The van der Waals surface area contributed by atoms with Crippen molar-refractivity contribution in [3.8, 4) is 5.75 Å². The van der Waals surface area contributed by atoms with E-state index in [1.807, 2.05) is 11.5 Å². The van der Waals surface area contributed by atoms with Crippen molar-refractivity contribution in [2.45, 2.75) is 51.2 Å². The smallest absolute Gasteiger partial charge is 0.258 e. The number of sulfone groups is 1. The number of pyridine rings is 1. The van der Waals surface area contributed by atoms with E-state index in [1.54, 1.807) is 35.4 Å². The van der Waals surface area contributed by atoms with Crippen molar-refractivity contribution >= 4 is 50.2 Å². The summed E-state index contributed by atoms with van der Waals surface area (Å²) < 4.78 is 31.9. The Hall–Kier alpha value is -3.44. The van der Waals surface area contributed by atoms with Crippen LogP contribution in [-0.4, -0.2) is 70.4 Å². The second kappa shape index (κ2) is 11.6. The average Bonchev–Trinajstić information content (AvgIpc) is 3.11. The molecule has 2 amide bonds. The van der Waals surface area contributed by atoms with Crippen LogP contribution in [0.4, 0.5) is 5.95 Å². The van der Waals surface area contributed by atoms with Crippen LogP contribution in [0.25, 0.3) is 11.0 Å². The fourth-order valence-electron chi connectivity index (χ4n) is 5.35. The molecule has 1 N–H and O–H groups in total. The predicted octanol–water partition coefficient (Wildman–Crippen LogP) is 4.34. The maximum Gasteiger partial charge on any atom is 0.258 e. The molecule has 12 heteroatoms. The summed E-state index contributed by atoms with van der Waals surface area (Å²) in [6, 6.07) is 6.61. The summed E-state index contributed by atoms with van der Waals surface area (Å²) in [6.07, 6.45) is 5.85. The molecule has 5 rings (SSSR count). The molecular weight excluding hydrogens is 554 g/mol. The van der Waals surface area contributed by atoms with Crippen LogP contribution >= 0.6 is 11.6 Å². The molecule has 1 aromatic carbocycles. The molecule has 2 aromatic heterocycles. The number of ether oxygens (including phenoxy) is 1. The number of benzene rings is 1. The molecule has 2 fully saturated rings. The van der Waals surface area contributed by atoms with E-state index in [-0.39, 0.29) is 35.5 Å². The number of fused-ring (bicyclic) bond motifs is 1. The van der Waals surface area contributed by atoms with Crippen LogP contribution in [-0.2, 0) is 14.6 Å². The van der Waals surface area contributed by atoms with Crippen molar-refractivity contribution in [2.24, 2.45) is 0 Å². The van der Waals surface area contributed by atoms with Gasteiger partial charge in [0.2, 0.25) is 11.9 Å². The molecule has 2 saturated heterocycles. The van der Waals surface area contributed by atoms with Gasteiger partial charge in [-0.2, -0.15) is 0 Å². The minimum atomic E-state index is -3.04. The first-order valence-electron chi connectivity index (χ1n) is 13.4. The van der Waals surface area contributed by atoms with E-state index in [4.69, 9.17) is 21.3 Å². The highest BCUT2D eigenvalue weighted by Crippen LogP contribution is 2.39. The van der Waals surface area contributed by atoms with Crippen LogP contribution in [0.3, 0.4) is 0 Å². The van der Waals surface area contributed by atoms with E-state index >= 15 is 0 Å². The first-order valence-corrected chi connectivity index (χ1v) is 15.6. The van der Waals surface area contributed by atoms with Crippen LogP contribution < -0.4 is 10.1 Å². The number of carbonyl (C=O) groups excluding carboxylic acids is 2. The quantitative estimate of drug-likeness (QED) is 0.427. The first kappa shape index (κ1) is 28.1. The van der Waals surface area contributed by atoms with Gasteiger partial charge in [0.05, 0.1) is 28.6 Å². The Morgan fingerprint density at radius 2 is 1.95 bits per heavy atom. The van der Waals surface area contributed by atoms with E-state index in [0.29, 0.717) is 64.9 Å². The number of amides is 2. The fourth-order valence-corrected chi connectivity index (χ4v) is 7.09. The van der Waals surface area contributed by atoms with Gasteiger partial charge in [-0.25, -0.2) is 13.4 Å². The van der Waals surface area contributed by atoms with Crippen molar-refractivity contribution in [3.05, 3.63) is 59.4 Å². The molecule has 0 spiro atoms. The van der Waals surface area contributed by atoms with Gasteiger partial charge in [0.15, 0.2) is 9.84 Å². The zero-order chi connectivity index (χ0) is 28.4. The molecule has 40 heavy (non-hydrogen) atoms. The lowest BCUT2D eigenvalue weighted by Gasteiger charge is -2.27. The Morgan fingerprint density at radius 1 is 1.18 bits per heavy atom. The van der Waals surface area contributed by atoms with Crippen molar-refractivity contribution in [3.63, 3.8) is 0 Å². The van der Waals surface area contributed by atoms with Crippen LogP contribution in [0.5, 0.6) is 5.75 Å². The van der Waals surface area contributed by atoms with Crippen LogP contribution in [0.2, 0.25) is 5.02 Å². The molecule has 2 aliphatic heterocycles. The van der Waals surface area contributed by atoms with E-state index in [2.05, 4.69) is 16.9 Å². The molecule has 1 unspecified atom stereocenters. The molecule has 0 bridgehead atoms. The molecule has 0 radical (unpaired) electrons. The average molecular weight is 586 g/mol. The van der Waals surface area contributed by atoms with Crippen LogP contribution in [0.1, 0.15) is 54.2 Å². The van der Waals surface area contributed by atoms with Crippen LogP contribution in [0, 0.1) is 6.92 Å². The maximum absolute atomic E-state index is 13.3. The van der Waals surface area contributed by atoms with E-state index in [0.717, 1.165) is 19.3 Å². The normalized spacial score (nSPS) is 19.6. The summed E-state index contributed by atoms with van der Waals surface area (Å²) in [5, 5.41) is 3.28. The maximum atomic E-state index is 13.3. The summed E-state index contributed by atoms with van der Waals surface area (Å²) in [7, 11) is -3.04. The Morgan fingerprint density at radius 3 is 2.67 bits per heavy atom. The number of likely N-dealkylation sites (tertiary alicyclic amines) is 1. The molecular formula is C28H32ClN5O5S. The number of anilines is 1. The number of hydrogen-bond donors (Lipinski definition) is 1. The van der Waals surface area contributed by atoms with Crippen molar-refractivity contribution in [1.82, 2.24) is 19.4 Å². The molecule has 0 saturated carbocycles. The van der Waals surface area contributed by atoms with Gasteiger partial charge in [0.25, 0.3) is 5.91 Å². The third-order valence-corrected chi connectivity index (χ3v) is 9.51. The second-order valence-corrected chi connectivity index (χ2v) is 13.0. The van der Waals surface area contributed by atoms with Gasteiger partial charge in [-0.05, 0) is 69.4 Å². The Kier molecular flexibility index (Phi) is 8.14. The number of nitrogens with one attached hydrogen (secondary N) is 1. The number of hydrogen-bond acceptors (Lipinski definition) is 7. The Labute approximate surface area is 238 Å². The number of carbonyl (C=O) groups is 2. The van der Waals surface area contributed by atoms with Crippen molar-refractivity contribution in [2.75, 3.05) is 29.9 Å². The number of rotatable bonds is 6. The van der Waals surface area contributed by atoms with Gasteiger partial charge in [-0.3, -0.25) is 19.9 Å². The number of nitrogens with zero attached hydrogens (tertiary/aromatic N) is 4. The number of aromatic nitrogens is 3. The lowest BCUT2D eigenvalue weighted by Crippen LogP contribution is -2.34. The Balaban J connectivity index is 1.56. The van der Waals surface area contributed by atoms with Gasteiger partial charge >= 0.3 is 0 Å². The lowest BCUT2D eigenvalue weighted by atomic mass is 10.1. The molecule has 212 valence electrons. The van der Waals surface area contributed by atoms with Gasteiger partial charge in [0, 0.05) is 30.5 Å². The third-order valence-electron chi connectivity index (χ3n) is 7.43. The lowest BCUT2D eigenvalue weighted by molar-refractivity contribution is -0.126. The minimum Gasteiger partial charge on any atom is -0.489 e. The first-order chi connectivity index (χ1) is 19.1. The number of aryl methyl sites for hydroxylation is 1. The van der Waals surface area contributed by atoms with E-state index in [9.17, 15) is 18.0 Å².